The molecule has 0 aliphatic carbocycles. The van der Waals surface area contributed by atoms with Crippen LogP contribution in [0.2, 0.25) is 0 Å². The zero-order chi connectivity index (χ0) is 21.0. The summed E-state index contributed by atoms with van der Waals surface area (Å²) in [5.41, 5.74) is 0.123. The van der Waals surface area contributed by atoms with Crippen molar-refractivity contribution >= 4 is 23.2 Å². The molecule has 6 heteroatoms. The Morgan fingerprint density at radius 1 is 1.14 bits per heavy atom. The molecule has 1 aliphatic rings. The molecule has 0 radical (unpaired) electrons. The SMILES string of the molecule is CC(C)OC(=O)C(C)(C)Oc1cccc(C2CCN(C(=O)c3cccs3)CC2)c1. The van der Waals surface area contributed by atoms with Gasteiger partial charge >= 0.3 is 5.97 Å². The van der Waals surface area contributed by atoms with E-state index >= 15 is 0 Å². The van der Waals surface area contributed by atoms with E-state index in [9.17, 15) is 9.59 Å². The highest BCUT2D eigenvalue weighted by atomic mass is 32.1. The summed E-state index contributed by atoms with van der Waals surface area (Å²) in [6.45, 7) is 8.59. The largest absolute Gasteiger partial charge is 0.476 e. The van der Waals surface area contributed by atoms with Crippen LogP contribution in [0.5, 0.6) is 5.75 Å². The second-order valence-corrected chi connectivity index (χ2v) is 9.13. The summed E-state index contributed by atoms with van der Waals surface area (Å²) in [4.78, 5) is 27.5. The first kappa shape index (κ1) is 21.4. The van der Waals surface area contributed by atoms with Gasteiger partial charge in [-0.2, -0.15) is 0 Å². The van der Waals surface area contributed by atoms with Crippen molar-refractivity contribution in [2.45, 2.75) is 58.2 Å². The zero-order valence-electron chi connectivity index (χ0n) is 17.5. The second kappa shape index (κ2) is 8.99. The van der Waals surface area contributed by atoms with Crippen LogP contribution in [0, 0.1) is 0 Å². The molecule has 29 heavy (non-hydrogen) atoms. The minimum absolute atomic E-state index is 0.126. The number of carbonyl (C=O) groups excluding carboxylic acids is 2. The minimum atomic E-state index is -1.06. The van der Waals surface area contributed by atoms with Gasteiger partial charge in [0.05, 0.1) is 11.0 Å². The van der Waals surface area contributed by atoms with E-state index in [2.05, 4.69) is 6.07 Å². The van der Waals surface area contributed by atoms with E-state index in [1.807, 2.05) is 54.5 Å². The van der Waals surface area contributed by atoms with Crippen molar-refractivity contribution in [1.82, 2.24) is 4.90 Å². The predicted octanol–water partition coefficient (Wildman–Crippen LogP) is 4.88. The normalized spacial score (nSPS) is 15.4. The summed E-state index contributed by atoms with van der Waals surface area (Å²) in [5.74, 6) is 0.779. The van der Waals surface area contributed by atoms with E-state index < -0.39 is 5.60 Å². The van der Waals surface area contributed by atoms with Gasteiger partial charge in [0.15, 0.2) is 5.60 Å². The third-order valence-electron chi connectivity index (χ3n) is 5.05. The molecule has 156 valence electrons. The third kappa shape index (κ3) is 5.38. The molecule has 2 heterocycles. The highest BCUT2D eigenvalue weighted by molar-refractivity contribution is 7.12. The maximum Gasteiger partial charge on any atom is 0.350 e. The van der Waals surface area contributed by atoms with Crippen LogP contribution in [-0.2, 0) is 9.53 Å². The summed E-state index contributed by atoms with van der Waals surface area (Å²) in [5, 5.41) is 1.93. The fourth-order valence-corrected chi connectivity index (χ4v) is 4.19. The lowest BCUT2D eigenvalue weighted by Crippen LogP contribution is -2.41. The fraction of sp³-hybridized carbons (Fsp3) is 0.478. The van der Waals surface area contributed by atoms with Gasteiger partial charge in [0.2, 0.25) is 0 Å². The quantitative estimate of drug-likeness (QED) is 0.631. The Hall–Kier alpha value is -2.34. The number of ether oxygens (including phenoxy) is 2. The van der Waals surface area contributed by atoms with Gasteiger partial charge in [0.1, 0.15) is 5.75 Å². The molecule has 2 aromatic rings. The van der Waals surface area contributed by atoms with Crippen LogP contribution in [0.1, 0.15) is 61.7 Å². The summed E-state index contributed by atoms with van der Waals surface area (Å²) >= 11 is 1.49. The van der Waals surface area contributed by atoms with Crippen LogP contribution in [0.3, 0.4) is 0 Å². The van der Waals surface area contributed by atoms with Crippen molar-refractivity contribution in [2.24, 2.45) is 0 Å². The van der Waals surface area contributed by atoms with E-state index in [0.717, 1.165) is 30.8 Å². The number of likely N-dealkylation sites (tertiary alicyclic amines) is 1. The van der Waals surface area contributed by atoms with Crippen molar-refractivity contribution in [2.75, 3.05) is 13.1 Å². The number of benzene rings is 1. The number of hydrogen-bond donors (Lipinski definition) is 0. The van der Waals surface area contributed by atoms with Crippen molar-refractivity contribution in [3.63, 3.8) is 0 Å². The minimum Gasteiger partial charge on any atom is -0.476 e. The van der Waals surface area contributed by atoms with Crippen LogP contribution in [0.15, 0.2) is 41.8 Å². The number of amides is 1. The van der Waals surface area contributed by atoms with Crippen molar-refractivity contribution < 1.29 is 19.1 Å². The van der Waals surface area contributed by atoms with Crippen molar-refractivity contribution in [3.8, 4) is 5.75 Å². The average Bonchev–Trinajstić information content (AvgIpc) is 3.22. The van der Waals surface area contributed by atoms with Gasteiger partial charge in [0.25, 0.3) is 5.91 Å². The summed E-state index contributed by atoms with van der Waals surface area (Å²) in [7, 11) is 0. The standard InChI is InChI=1S/C23H29NO4S/c1-16(2)27-22(26)23(3,4)28-19-8-5-7-18(15-19)17-10-12-24(13-11-17)21(25)20-9-6-14-29-20/h5-9,14-17H,10-13H2,1-4H3. The number of esters is 1. The molecule has 3 rings (SSSR count). The Morgan fingerprint density at radius 2 is 1.86 bits per heavy atom. The predicted molar refractivity (Wildman–Crippen MR) is 115 cm³/mol. The number of piperidine rings is 1. The summed E-state index contributed by atoms with van der Waals surface area (Å²) < 4.78 is 11.3. The molecule has 0 atom stereocenters. The van der Waals surface area contributed by atoms with Crippen molar-refractivity contribution in [1.29, 1.82) is 0 Å². The lowest BCUT2D eigenvalue weighted by atomic mass is 9.89. The third-order valence-corrected chi connectivity index (χ3v) is 5.91. The number of thiophene rings is 1. The monoisotopic (exact) mass is 415 g/mol. The van der Waals surface area contributed by atoms with Gasteiger partial charge in [-0.15, -0.1) is 11.3 Å². The first-order valence-electron chi connectivity index (χ1n) is 10.1. The molecule has 0 unspecified atom stereocenters. The Bertz CT molecular complexity index is 836. The van der Waals surface area contributed by atoms with Gasteiger partial charge in [-0.3, -0.25) is 4.79 Å². The van der Waals surface area contributed by atoms with Gasteiger partial charge in [-0.1, -0.05) is 18.2 Å². The molecule has 0 spiro atoms. The Kier molecular flexibility index (Phi) is 6.63. The zero-order valence-corrected chi connectivity index (χ0v) is 18.3. The van der Waals surface area contributed by atoms with Crippen LogP contribution in [0.4, 0.5) is 0 Å². The maximum absolute atomic E-state index is 12.5. The average molecular weight is 416 g/mol. The lowest BCUT2D eigenvalue weighted by Gasteiger charge is -2.32. The molecule has 5 nitrogen and oxygen atoms in total. The summed E-state index contributed by atoms with van der Waals surface area (Å²) in [6, 6.07) is 11.7. The molecule has 1 aliphatic heterocycles. The number of nitrogens with zero attached hydrogens (tertiary/aromatic N) is 1. The van der Waals surface area contributed by atoms with Crippen LogP contribution in [-0.4, -0.2) is 41.6 Å². The number of rotatable bonds is 6. The Morgan fingerprint density at radius 3 is 2.48 bits per heavy atom. The highest BCUT2D eigenvalue weighted by Crippen LogP contribution is 2.32. The molecule has 1 aromatic carbocycles. The first-order chi connectivity index (χ1) is 13.8. The molecule has 0 saturated carbocycles. The molecule has 1 fully saturated rings. The van der Waals surface area contributed by atoms with Crippen LogP contribution < -0.4 is 4.74 Å². The van der Waals surface area contributed by atoms with E-state index in [1.165, 1.54) is 16.9 Å². The Labute approximate surface area is 176 Å². The fourth-order valence-electron chi connectivity index (χ4n) is 3.50. The molecule has 0 bridgehead atoms. The highest BCUT2D eigenvalue weighted by Gasteiger charge is 2.33. The molecule has 1 amide bonds. The molecule has 0 N–H and O–H groups in total. The Balaban J connectivity index is 1.62. The molecule has 1 saturated heterocycles. The van der Waals surface area contributed by atoms with E-state index in [0.29, 0.717) is 11.7 Å². The maximum atomic E-state index is 12.5. The topological polar surface area (TPSA) is 55.8 Å². The molecular weight excluding hydrogens is 386 g/mol. The molecule has 1 aromatic heterocycles. The van der Waals surface area contributed by atoms with Crippen LogP contribution in [0.25, 0.3) is 0 Å². The van der Waals surface area contributed by atoms with Gasteiger partial charge < -0.3 is 14.4 Å². The van der Waals surface area contributed by atoms with E-state index in [1.54, 1.807) is 13.8 Å². The summed E-state index contributed by atoms with van der Waals surface area (Å²) in [6.07, 6.45) is 1.65. The number of hydrogen-bond acceptors (Lipinski definition) is 5. The van der Waals surface area contributed by atoms with Gasteiger partial charge in [-0.05, 0) is 75.6 Å². The smallest absolute Gasteiger partial charge is 0.350 e. The van der Waals surface area contributed by atoms with Gasteiger partial charge in [0, 0.05) is 13.1 Å². The first-order valence-corrected chi connectivity index (χ1v) is 11.0. The lowest BCUT2D eigenvalue weighted by molar-refractivity contribution is -0.163. The number of carbonyl (C=O) groups is 2. The van der Waals surface area contributed by atoms with E-state index in [4.69, 9.17) is 9.47 Å². The second-order valence-electron chi connectivity index (χ2n) is 8.18. The van der Waals surface area contributed by atoms with Crippen LogP contribution >= 0.6 is 11.3 Å². The molecular formula is C23H29NO4S. The van der Waals surface area contributed by atoms with E-state index in [-0.39, 0.29) is 18.0 Å². The van der Waals surface area contributed by atoms with Gasteiger partial charge in [-0.25, -0.2) is 4.79 Å². The van der Waals surface area contributed by atoms with Crippen molar-refractivity contribution in [3.05, 3.63) is 52.2 Å².